The number of methoxy groups -OCH3 is 4. The van der Waals surface area contributed by atoms with Gasteiger partial charge in [-0.15, -0.1) is 0 Å². The van der Waals surface area contributed by atoms with E-state index >= 15 is 0 Å². The fraction of sp³-hybridized carbons (Fsp3) is 0.316. The summed E-state index contributed by atoms with van der Waals surface area (Å²) >= 11 is 14.3. The zero-order chi connectivity index (χ0) is 35.4. The summed E-state index contributed by atoms with van der Waals surface area (Å²) in [5.74, 6) is 0.901. The van der Waals surface area contributed by atoms with Crippen LogP contribution in [0.5, 0.6) is 11.5 Å². The SMILES string of the molecule is COC(CCN1C(=O)COc2cc(-c3cccc(-c4cccc(-c5ccc6c(c5)OCC(=O)N6CCC(OC)OC)c4Cl)c3Cl)ccc21)OC. The molecule has 0 aromatic heterocycles. The van der Waals surface area contributed by atoms with Crippen LogP contribution in [0.3, 0.4) is 0 Å². The molecule has 0 spiro atoms. The third-order valence-electron chi connectivity index (χ3n) is 8.94. The van der Waals surface area contributed by atoms with E-state index in [1.165, 1.54) is 0 Å². The Morgan fingerprint density at radius 2 is 0.980 bits per heavy atom. The molecular formula is C38H38Cl2N2O8. The molecule has 0 saturated carbocycles. The van der Waals surface area contributed by atoms with Crippen LogP contribution >= 0.6 is 23.2 Å². The number of hydrogen-bond donors (Lipinski definition) is 0. The van der Waals surface area contributed by atoms with Crippen molar-refractivity contribution in [3.8, 4) is 44.9 Å². The van der Waals surface area contributed by atoms with E-state index in [1.54, 1.807) is 38.2 Å². The highest BCUT2D eigenvalue weighted by Crippen LogP contribution is 2.45. The lowest BCUT2D eigenvalue weighted by molar-refractivity contribution is -0.123. The van der Waals surface area contributed by atoms with Gasteiger partial charge in [0.2, 0.25) is 0 Å². The lowest BCUT2D eigenvalue weighted by Crippen LogP contribution is -2.40. The predicted octanol–water partition coefficient (Wildman–Crippen LogP) is 7.46. The summed E-state index contributed by atoms with van der Waals surface area (Å²) in [5, 5.41) is 1.04. The van der Waals surface area contributed by atoms with Crippen molar-refractivity contribution in [3.63, 3.8) is 0 Å². The molecule has 0 aliphatic carbocycles. The van der Waals surface area contributed by atoms with Crippen LogP contribution in [0.2, 0.25) is 10.0 Å². The Balaban J connectivity index is 1.28. The molecule has 0 N–H and O–H groups in total. The van der Waals surface area contributed by atoms with Gasteiger partial charge < -0.3 is 38.2 Å². The molecule has 0 unspecified atom stereocenters. The first-order valence-corrected chi connectivity index (χ1v) is 16.9. The first kappa shape index (κ1) is 35.7. The number of nitrogens with zero attached hydrogens (tertiary/aromatic N) is 2. The Labute approximate surface area is 301 Å². The molecule has 2 aliphatic heterocycles. The summed E-state index contributed by atoms with van der Waals surface area (Å²) in [7, 11) is 6.28. The molecule has 12 heteroatoms. The Kier molecular flexibility index (Phi) is 11.3. The van der Waals surface area contributed by atoms with E-state index in [2.05, 4.69) is 0 Å². The van der Waals surface area contributed by atoms with Crippen molar-refractivity contribution < 1.29 is 38.0 Å². The highest BCUT2D eigenvalue weighted by molar-refractivity contribution is 6.39. The van der Waals surface area contributed by atoms with Crippen LogP contribution in [-0.4, -0.2) is 79.1 Å². The Morgan fingerprint density at radius 1 is 0.600 bits per heavy atom. The summed E-state index contributed by atoms with van der Waals surface area (Å²) in [6.07, 6.45) is 0.179. The van der Waals surface area contributed by atoms with E-state index in [0.29, 0.717) is 58.9 Å². The predicted molar refractivity (Wildman–Crippen MR) is 193 cm³/mol. The van der Waals surface area contributed by atoms with Gasteiger partial charge in [-0.05, 0) is 35.4 Å². The first-order valence-electron chi connectivity index (χ1n) is 16.1. The van der Waals surface area contributed by atoms with Crippen LogP contribution in [0.4, 0.5) is 11.4 Å². The summed E-state index contributed by atoms with van der Waals surface area (Å²) in [6, 6.07) is 23.0. The maximum atomic E-state index is 12.7. The number of carbonyl (C=O) groups excluding carboxylic acids is 2. The number of hydrogen-bond acceptors (Lipinski definition) is 8. The van der Waals surface area contributed by atoms with E-state index in [1.807, 2.05) is 72.8 Å². The van der Waals surface area contributed by atoms with E-state index in [-0.39, 0.29) is 25.0 Å². The molecule has 0 fully saturated rings. The zero-order valence-corrected chi connectivity index (χ0v) is 29.8. The molecule has 0 atom stereocenters. The number of rotatable bonds is 13. The van der Waals surface area contributed by atoms with Crippen LogP contribution in [0.1, 0.15) is 12.8 Å². The Hall–Kier alpha value is -4.16. The van der Waals surface area contributed by atoms with Crippen LogP contribution in [0, 0.1) is 0 Å². The second-order valence-electron chi connectivity index (χ2n) is 11.7. The summed E-state index contributed by atoms with van der Waals surface area (Å²) in [4.78, 5) is 28.9. The third-order valence-corrected chi connectivity index (χ3v) is 9.76. The molecule has 2 aliphatic rings. The summed E-state index contributed by atoms with van der Waals surface area (Å²) in [6.45, 7) is 0.701. The smallest absolute Gasteiger partial charge is 0.265 e. The molecule has 0 saturated heterocycles. The largest absolute Gasteiger partial charge is 0.482 e. The fourth-order valence-electron chi connectivity index (χ4n) is 6.29. The second-order valence-corrected chi connectivity index (χ2v) is 12.5. The second kappa shape index (κ2) is 15.8. The van der Waals surface area contributed by atoms with Gasteiger partial charge in [-0.1, -0.05) is 71.7 Å². The Morgan fingerprint density at radius 3 is 1.36 bits per heavy atom. The van der Waals surface area contributed by atoms with Gasteiger partial charge >= 0.3 is 0 Å². The monoisotopic (exact) mass is 720 g/mol. The maximum Gasteiger partial charge on any atom is 0.265 e. The standard InChI is InChI=1S/C38H38Cl2N2O8/c1-45-35(46-2)15-17-41-29-13-11-23(19-31(29)49-21-33(41)43)25-7-5-9-27(37(25)39)28-10-6-8-26(38(28)40)24-12-14-30-32(20-24)50-22-34(44)42(30)18-16-36(47-3)48-4/h5-14,19-20,35-36H,15-18,21-22H2,1-4H3. The van der Waals surface area contributed by atoms with Gasteiger partial charge in [-0.2, -0.15) is 0 Å². The van der Waals surface area contributed by atoms with Crippen molar-refractivity contribution in [2.45, 2.75) is 25.4 Å². The van der Waals surface area contributed by atoms with Crippen molar-refractivity contribution in [2.75, 3.05) is 64.5 Å². The maximum absolute atomic E-state index is 12.7. The molecule has 50 heavy (non-hydrogen) atoms. The van der Waals surface area contributed by atoms with E-state index in [9.17, 15) is 9.59 Å². The van der Waals surface area contributed by atoms with Crippen molar-refractivity contribution in [3.05, 3.63) is 82.8 Å². The van der Waals surface area contributed by atoms with Crippen molar-refractivity contribution in [1.82, 2.24) is 0 Å². The van der Waals surface area contributed by atoms with Crippen LogP contribution < -0.4 is 19.3 Å². The molecular weight excluding hydrogens is 683 g/mol. The van der Waals surface area contributed by atoms with Crippen molar-refractivity contribution in [1.29, 1.82) is 0 Å². The lowest BCUT2D eigenvalue weighted by atomic mass is 9.95. The number of fused-ring (bicyclic) bond motifs is 2. The van der Waals surface area contributed by atoms with Gasteiger partial charge in [-0.3, -0.25) is 9.59 Å². The molecule has 262 valence electrons. The highest BCUT2D eigenvalue weighted by atomic mass is 35.5. The van der Waals surface area contributed by atoms with Crippen molar-refractivity contribution >= 4 is 46.4 Å². The van der Waals surface area contributed by atoms with Crippen LogP contribution in [0.25, 0.3) is 33.4 Å². The van der Waals surface area contributed by atoms with Gasteiger partial charge in [0, 0.05) is 76.6 Å². The number of anilines is 2. The minimum Gasteiger partial charge on any atom is -0.482 e. The minimum atomic E-state index is -0.419. The topological polar surface area (TPSA) is 96.0 Å². The molecule has 2 amide bonds. The van der Waals surface area contributed by atoms with E-state index in [4.69, 9.17) is 51.6 Å². The first-order chi connectivity index (χ1) is 24.3. The number of carbonyl (C=O) groups is 2. The highest BCUT2D eigenvalue weighted by Gasteiger charge is 2.29. The molecule has 10 nitrogen and oxygen atoms in total. The van der Waals surface area contributed by atoms with Gasteiger partial charge in [0.1, 0.15) is 11.5 Å². The molecule has 0 radical (unpaired) electrons. The lowest BCUT2D eigenvalue weighted by Gasteiger charge is -2.30. The van der Waals surface area contributed by atoms with Gasteiger partial charge in [0.25, 0.3) is 11.8 Å². The molecule has 0 bridgehead atoms. The summed E-state index contributed by atoms with van der Waals surface area (Å²) < 4.78 is 32.9. The van der Waals surface area contributed by atoms with Gasteiger partial charge in [0.05, 0.1) is 21.4 Å². The fourth-order valence-corrected chi connectivity index (χ4v) is 6.97. The molecule has 4 aromatic carbocycles. The third kappa shape index (κ3) is 7.18. The normalized spacial score (nSPS) is 14.2. The van der Waals surface area contributed by atoms with E-state index in [0.717, 1.165) is 33.4 Å². The minimum absolute atomic E-state index is 0.0680. The Bertz CT molecular complexity index is 1740. The van der Waals surface area contributed by atoms with E-state index < -0.39 is 12.6 Å². The molecule has 4 aromatic rings. The number of ether oxygens (including phenoxy) is 6. The van der Waals surface area contributed by atoms with Crippen molar-refractivity contribution in [2.24, 2.45) is 0 Å². The van der Waals surface area contributed by atoms with Gasteiger partial charge in [0.15, 0.2) is 25.8 Å². The number of amides is 2. The quantitative estimate of drug-likeness (QED) is 0.131. The number of halogens is 2. The average Bonchev–Trinajstić information content (AvgIpc) is 3.14. The molecule has 6 rings (SSSR count). The van der Waals surface area contributed by atoms with Crippen LogP contribution in [-0.2, 0) is 28.5 Å². The number of benzene rings is 4. The van der Waals surface area contributed by atoms with Crippen LogP contribution in [0.15, 0.2) is 72.8 Å². The molecule has 2 heterocycles. The zero-order valence-electron chi connectivity index (χ0n) is 28.2. The average molecular weight is 722 g/mol. The van der Waals surface area contributed by atoms with Gasteiger partial charge in [-0.25, -0.2) is 0 Å². The summed E-state index contributed by atoms with van der Waals surface area (Å²) in [5.41, 5.74) is 6.10.